The Morgan fingerprint density at radius 3 is 2.76 bits per heavy atom. The van der Waals surface area contributed by atoms with Gasteiger partial charge in [0, 0.05) is 28.7 Å². The van der Waals surface area contributed by atoms with Gasteiger partial charge < -0.3 is 15.4 Å². The lowest BCUT2D eigenvalue weighted by Crippen LogP contribution is -2.28. The van der Waals surface area contributed by atoms with Gasteiger partial charge in [-0.05, 0) is 43.7 Å². The first-order valence-corrected chi connectivity index (χ1v) is 11.7. The number of anilines is 1. The van der Waals surface area contributed by atoms with Crippen LogP contribution in [0.4, 0.5) is 5.69 Å². The van der Waals surface area contributed by atoms with Crippen LogP contribution in [0.25, 0.3) is 10.2 Å². The van der Waals surface area contributed by atoms with Gasteiger partial charge in [-0.25, -0.2) is 0 Å². The van der Waals surface area contributed by atoms with Crippen LogP contribution in [0.1, 0.15) is 27.9 Å². The molecule has 0 aliphatic heterocycles. The number of nitrogens with one attached hydrogen (secondary N) is 2. The van der Waals surface area contributed by atoms with Crippen molar-refractivity contribution in [3.8, 4) is 5.75 Å². The van der Waals surface area contributed by atoms with E-state index in [4.69, 9.17) is 16.3 Å². The zero-order valence-corrected chi connectivity index (χ0v) is 19.8. The van der Waals surface area contributed by atoms with Gasteiger partial charge in [-0.1, -0.05) is 35.9 Å². The van der Waals surface area contributed by atoms with Crippen molar-refractivity contribution in [1.82, 2.24) is 15.1 Å². The zero-order valence-electron chi connectivity index (χ0n) is 18.2. The van der Waals surface area contributed by atoms with Gasteiger partial charge in [0.05, 0.1) is 17.1 Å². The molecule has 33 heavy (non-hydrogen) atoms. The third kappa shape index (κ3) is 5.35. The molecule has 2 N–H and O–H groups in total. The molecule has 2 aromatic carbocycles. The van der Waals surface area contributed by atoms with Crippen molar-refractivity contribution in [2.75, 3.05) is 18.5 Å². The van der Waals surface area contributed by atoms with Crippen molar-refractivity contribution >= 4 is 50.7 Å². The summed E-state index contributed by atoms with van der Waals surface area (Å²) in [4.78, 5) is 26.0. The Labute approximate surface area is 200 Å². The molecular formula is C24H23ClN4O3S. The smallest absolute Gasteiger partial charge is 0.265 e. The lowest BCUT2D eigenvalue weighted by molar-refractivity contribution is -0.122. The van der Waals surface area contributed by atoms with E-state index in [2.05, 4.69) is 15.7 Å². The summed E-state index contributed by atoms with van der Waals surface area (Å²) >= 11 is 7.69. The molecule has 2 aromatic heterocycles. The van der Waals surface area contributed by atoms with E-state index in [0.29, 0.717) is 34.4 Å². The molecule has 0 unspecified atom stereocenters. The van der Waals surface area contributed by atoms with Crippen LogP contribution in [0.5, 0.6) is 5.75 Å². The molecule has 4 rings (SSSR count). The van der Waals surface area contributed by atoms with Crippen LogP contribution in [-0.4, -0.2) is 34.7 Å². The summed E-state index contributed by atoms with van der Waals surface area (Å²) in [5.41, 5.74) is 2.40. The lowest BCUT2D eigenvalue weighted by atomic mass is 10.2. The largest absolute Gasteiger partial charge is 0.484 e. The molecule has 7 nitrogen and oxygen atoms in total. The second-order valence-electron chi connectivity index (χ2n) is 7.39. The number of likely N-dealkylation sites (N-methyl/N-ethyl adjacent to an activating group) is 1. The number of aryl methyl sites for hydroxylation is 1. The van der Waals surface area contributed by atoms with Crippen molar-refractivity contribution in [2.45, 2.75) is 20.4 Å². The Balaban J connectivity index is 1.49. The van der Waals surface area contributed by atoms with Crippen LogP contribution >= 0.6 is 22.9 Å². The Morgan fingerprint density at radius 1 is 1.15 bits per heavy atom. The third-order valence-electron chi connectivity index (χ3n) is 4.94. The molecule has 4 aromatic rings. The second kappa shape index (κ2) is 10.1. The highest BCUT2D eigenvalue weighted by Gasteiger charge is 2.17. The standard InChI is InChI=1S/C24H23ClN4O3S/c1-3-26-22(30)14-32-18-9-6-8-17(11-18)27-23(31)21-12-19-15(2)28-29(24(19)33-21)13-16-7-4-5-10-20(16)25/h4-12H,3,13-14H2,1-2H3,(H,26,30)(H,27,31). The van der Waals surface area contributed by atoms with Crippen molar-refractivity contribution in [3.63, 3.8) is 0 Å². The van der Waals surface area contributed by atoms with Crippen LogP contribution < -0.4 is 15.4 Å². The number of carbonyl (C=O) groups excluding carboxylic acids is 2. The number of hydrogen-bond donors (Lipinski definition) is 2. The average molecular weight is 483 g/mol. The number of thiophene rings is 1. The number of benzene rings is 2. The summed E-state index contributed by atoms with van der Waals surface area (Å²) in [5.74, 6) is 0.0841. The fourth-order valence-corrected chi connectivity index (χ4v) is 4.62. The number of ether oxygens (including phenoxy) is 1. The van der Waals surface area contributed by atoms with Gasteiger partial charge in [0.25, 0.3) is 11.8 Å². The van der Waals surface area contributed by atoms with E-state index in [1.807, 2.05) is 48.9 Å². The van der Waals surface area contributed by atoms with Crippen LogP contribution in [0.15, 0.2) is 54.6 Å². The molecule has 2 heterocycles. The molecule has 170 valence electrons. The Morgan fingerprint density at radius 2 is 1.97 bits per heavy atom. The first-order chi connectivity index (χ1) is 15.9. The molecule has 9 heteroatoms. The highest BCUT2D eigenvalue weighted by molar-refractivity contribution is 7.20. The quantitative estimate of drug-likeness (QED) is 0.375. The minimum Gasteiger partial charge on any atom is -0.484 e. The Kier molecular flexibility index (Phi) is 6.96. The molecule has 0 spiro atoms. The highest BCUT2D eigenvalue weighted by atomic mass is 35.5. The number of fused-ring (bicyclic) bond motifs is 1. The molecule has 2 amide bonds. The molecule has 0 saturated carbocycles. The average Bonchev–Trinajstić information content (AvgIpc) is 3.36. The molecule has 0 bridgehead atoms. The zero-order chi connectivity index (χ0) is 23.4. The summed E-state index contributed by atoms with van der Waals surface area (Å²) < 4.78 is 7.38. The lowest BCUT2D eigenvalue weighted by Gasteiger charge is -2.09. The number of carbonyl (C=O) groups is 2. The second-order valence-corrected chi connectivity index (χ2v) is 8.83. The molecule has 0 fully saturated rings. The predicted octanol–water partition coefficient (Wildman–Crippen LogP) is 4.88. The number of aromatic nitrogens is 2. The van der Waals surface area contributed by atoms with E-state index in [-0.39, 0.29) is 18.4 Å². The van der Waals surface area contributed by atoms with Crippen LogP contribution in [0.2, 0.25) is 5.02 Å². The first-order valence-electron chi connectivity index (χ1n) is 10.5. The van der Waals surface area contributed by atoms with Crippen molar-refractivity contribution in [3.05, 3.63) is 75.8 Å². The van der Waals surface area contributed by atoms with E-state index in [1.165, 1.54) is 11.3 Å². The summed E-state index contributed by atoms with van der Waals surface area (Å²) in [7, 11) is 0. The number of nitrogens with zero attached hydrogens (tertiary/aromatic N) is 2. The molecule has 0 radical (unpaired) electrons. The Hall–Kier alpha value is -3.36. The molecule has 0 aliphatic rings. The molecular weight excluding hydrogens is 460 g/mol. The normalized spacial score (nSPS) is 10.9. The summed E-state index contributed by atoms with van der Waals surface area (Å²) in [6.07, 6.45) is 0. The number of hydrogen-bond acceptors (Lipinski definition) is 5. The van der Waals surface area contributed by atoms with Gasteiger partial charge in [0.1, 0.15) is 10.6 Å². The van der Waals surface area contributed by atoms with E-state index < -0.39 is 0 Å². The maximum Gasteiger partial charge on any atom is 0.265 e. The van der Waals surface area contributed by atoms with E-state index >= 15 is 0 Å². The predicted molar refractivity (Wildman–Crippen MR) is 131 cm³/mol. The van der Waals surface area contributed by atoms with Gasteiger partial charge >= 0.3 is 0 Å². The fraction of sp³-hybridized carbons (Fsp3) is 0.208. The minimum atomic E-state index is -0.222. The maximum atomic E-state index is 12.9. The van der Waals surface area contributed by atoms with E-state index in [1.54, 1.807) is 24.3 Å². The number of halogens is 1. The van der Waals surface area contributed by atoms with Crippen molar-refractivity contribution in [2.24, 2.45) is 0 Å². The van der Waals surface area contributed by atoms with Gasteiger partial charge in [0.2, 0.25) is 0 Å². The first kappa shape index (κ1) is 22.8. The van der Waals surface area contributed by atoms with E-state index in [9.17, 15) is 9.59 Å². The number of rotatable bonds is 8. The SMILES string of the molecule is CCNC(=O)COc1cccc(NC(=O)c2cc3c(C)nn(Cc4ccccc4Cl)c3s2)c1. The molecule has 0 aliphatic carbocycles. The number of amides is 2. The topological polar surface area (TPSA) is 85.2 Å². The van der Waals surface area contributed by atoms with Crippen molar-refractivity contribution < 1.29 is 14.3 Å². The monoisotopic (exact) mass is 482 g/mol. The highest BCUT2D eigenvalue weighted by Crippen LogP contribution is 2.30. The van der Waals surface area contributed by atoms with Gasteiger partial charge in [-0.3, -0.25) is 14.3 Å². The van der Waals surface area contributed by atoms with Gasteiger partial charge in [0.15, 0.2) is 6.61 Å². The minimum absolute atomic E-state index is 0.0806. The van der Waals surface area contributed by atoms with E-state index in [0.717, 1.165) is 21.5 Å². The Bertz CT molecular complexity index is 1310. The molecule has 0 saturated heterocycles. The molecule has 0 atom stereocenters. The van der Waals surface area contributed by atoms with Crippen LogP contribution in [0.3, 0.4) is 0 Å². The van der Waals surface area contributed by atoms with Crippen LogP contribution in [-0.2, 0) is 11.3 Å². The third-order valence-corrected chi connectivity index (χ3v) is 6.46. The van der Waals surface area contributed by atoms with Crippen LogP contribution in [0, 0.1) is 6.92 Å². The summed E-state index contributed by atoms with van der Waals surface area (Å²) in [6, 6.07) is 16.5. The van der Waals surface area contributed by atoms with Gasteiger partial charge in [-0.15, -0.1) is 11.3 Å². The fourth-order valence-electron chi connectivity index (χ4n) is 3.37. The summed E-state index contributed by atoms with van der Waals surface area (Å²) in [5, 5.41) is 11.8. The maximum absolute atomic E-state index is 12.9. The van der Waals surface area contributed by atoms with Crippen molar-refractivity contribution in [1.29, 1.82) is 0 Å². The van der Waals surface area contributed by atoms with Gasteiger partial charge in [-0.2, -0.15) is 5.10 Å². The summed E-state index contributed by atoms with van der Waals surface area (Å²) in [6.45, 7) is 4.76.